The van der Waals surface area contributed by atoms with Gasteiger partial charge in [0, 0.05) is 23.7 Å². The van der Waals surface area contributed by atoms with E-state index >= 15 is 0 Å². The van der Waals surface area contributed by atoms with Gasteiger partial charge in [-0.25, -0.2) is 0 Å². The molecule has 0 bridgehead atoms. The second-order valence-electron chi connectivity index (χ2n) is 5.35. The topological polar surface area (TPSA) is 47.6 Å². The molecule has 1 N–H and O–H groups in total. The zero-order valence-electron chi connectivity index (χ0n) is 12.6. The summed E-state index contributed by atoms with van der Waals surface area (Å²) in [6, 6.07) is 5.71. The van der Waals surface area contributed by atoms with Gasteiger partial charge in [-0.3, -0.25) is 4.79 Å². The van der Waals surface area contributed by atoms with Crippen LogP contribution in [0.5, 0.6) is 5.75 Å². The fourth-order valence-electron chi connectivity index (χ4n) is 2.58. The van der Waals surface area contributed by atoms with Crippen LogP contribution in [0, 0.1) is 0 Å². The van der Waals surface area contributed by atoms with Gasteiger partial charge in [0.2, 0.25) is 5.91 Å². The number of alkyl halides is 1. The second-order valence-corrected chi connectivity index (χ2v) is 5.92. The van der Waals surface area contributed by atoms with Crippen molar-refractivity contribution in [2.75, 3.05) is 19.0 Å². The molecule has 21 heavy (non-hydrogen) atoms. The van der Waals surface area contributed by atoms with E-state index in [0.717, 1.165) is 36.3 Å². The molecular formula is C16H22BrNO3. The van der Waals surface area contributed by atoms with Crippen molar-refractivity contribution >= 4 is 27.5 Å². The third-order valence-electron chi connectivity index (χ3n) is 3.97. The molecule has 0 heterocycles. The number of rotatable bonds is 7. The predicted octanol–water partition coefficient (Wildman–Crippen LogP) is 3.88. The molecule has 5 heteroatoms. The average molecular weight is 356 g/mol. The molecule has 0 saturated heterocycles. The van der Waals surface area contributed by atoms with Crippen LogP contribution in [-0.4, -0.2) is 25.2 Å². The first kappa shape index (κ1) is 16.3. The largest absolute Gasteiger partial charge is 0.494 e. The van der Waals surface area contributed by atoms with Gasteiger partial charge in [0.05, 0.1) is 18.6 Å². The van der Waals surface area contributed by atoms with E-state index in [9.17, 15) is 4.79 Å². The number of nitrogens with one attached hydrogen (secondary N) is 1. The number of methoxy groups -OCH3 is 1. The molecule has 0 aliphatic heterocycles. The summed E-state index contributed by atoms with van der Waals surface area (Å²) >= 11 is 3.45. The van der Waals surface area contributed by atoms with Crippen molar-refractivity contribution in [2.45, 2.75) is 43.5 Å². The molecule has 0 unspecified atom stereocenters. The van der Waals surface area contributed by atoms with Gasteiger partial charge in [0.25, 0.3) is 0 Å². The molecule has 4 nitrogen and oxygen atoms in total. The van der Waals surface area contributed by atoms with Crippen LogP contribution in [0.2, 0.25) is 0 Å². The standard InChI is InChI=1S/C16H22BrNO3/c1-3-21-14-6-5-13(9-12(14)11-17)18-15(19)10-16(20-2)7-4-8-16/h5-6,9H,3-4,7-8,10-11H2,1-2H3,(H,18,19). The summed E-state index contributed by atoms with van der Waals surface area (Å²) in [5, 5.41) is 3.64. The molecule has 1 aromatic carbocycles. The molecule has 0 spiro atoms. The summed E-state index contributed by atoms with van der Waals surface area (Å²) in [6.45, 7) is 2.58. The minimum Gasteiger partial charge on any atom is -0.494 e. The Kier molecular flexibility index (Phi) is 5.65. The van der Waals surface area contributed by atoms with E-state index in [1.54, 1.807) is 7.11 Å². The number of halogens is 1. The maximum Gasteiger partial charge on any atom is 0.227 e. The van der Waals surface area contributed by atoms with Gasteiger partial charge in [-0.2, -0.15) is 0 Å². The number of benzene rings is 1. The first-order valence-corrected chi connectivity index (χ1v) is 8.41. The van der Waals surface area contributed by atoms with Crippen molar-refractivity contribution in [1.29, 1.82) is 0 Å². The highest BCUT2D eigenvalue weighted by atomic mass is 79.9. The van der Waals surface area contributed by atoms with Crippen LogP contribution in [0.4, 0.5) is 5.69 Å². The summed E-state index contributed by atoms with van der Waals surface area (Å²) in [4.78, 5) is 12.2. The zero-order chi connectivity index (χ0) is 15.3. The van der Waals surface area contributed by atoms with E-state index in [4.69, 9.17) is 9.47 Å². The van der Waals surface area contributed by atoms with Crippen LogP contribution in [-0.2, 0) is 14.9 Å². The summed E-state index contributed by atoms with van der Waals surface area (Å²) in [6.07, 6.45) is 3.48. The SMILES string of the molecule is CCOc1ccc(NC(=O)CC2(OC)CCC2)cc1CBr. The lowest BCUT2D eigenvalue weighted by Gasteiger charge is -2.39. The smallest absolute Gasteiger partial charge is 0.227 e. The molecule has 2 rings (SSSR count). The first-order valence-electron chi connectivity index (χ1n) is 7.29. The van der Waals surface area contributed by atoms with Gasteiger partial charge in [0.15, 0.2) is 0 Å². The predicted molar refractivity (Wildman–Crippen MR) is 87.1 cm³/mol. The van der Waals surface area contributed by atoms with E-state index in [0.29, 0.717) is 18.4 Å². The monoisotopic (exact) mass is 355 g/mol. The molecule has 1 aliphatic carbocycles. The number of hydrogen-bond donors (Lipinski definition) is 1. The van der Waals surface area contributed by atoms with Crippen molar-refractivity contribution < 1.29 is 14.3 Å². The van der Waals surface area contributed by atoms with Gasteiger partial charge < -0.3 is 14.8 Å². The summed E-state index contributed by atoms with van der Waals surface area (Å²) in [5.41, 5.74) is 1.58. The van der Waals surface area contributed by atoms with Crippen molar-refractivity contribution in [2.24, 2.45) is 0 Å². The minimum absolute atomic E-state index is 0.00114. The fraction of sp³-hybridized carbons (Fsp3) is 0.562. The Morgan fingerprint density at radius 1 is 1.43 bits per heavy atom. The normalized spacial score (nSPS) is 16.1. The molecule has 0 aromatic heterocycles. The van der Waals surface area contributed by atoms with Gasteiger partial charge in [-0.1, -0.05) is 15.9 Å². The lowest BCUT2D eigenvalue weighted by atomic mass is 9.77. The zero-order valence-corrected chi connectivity index (χ0v) is 14.2. The van der Waals surface area contributed by atoms with Gasteiger partial charge >= 0.3 is 0 Å². The average Bonchev–Trinajstić information content (AvgIpc) is 2.44. The Morgan fingerprint density at radius 2 is 2.19 bits per heavy atom. The Balaban J connectivity index is 2.00. The molecule has 0 radical (unpaired) electrons. The van der Waals surface area contributed by atoms with Crippen LogP contribution in [0.25, 0.3) is 0 Å². The van der Waals surface area contributed by atoms with Gasteiger partial charge in [-0.05, 0) is 44.4 Å². The number of carbonyl (C=O) groups is 1. The highest BCUT2D eigenvalue weighted by Crippen LogP contribution is 2.38. The quantitative estimate of drug-likeness (QED) is 0.755. The van der Waals surface area contributed by atoms with Crippen LogP contribution < -0.4 is 10.1 Å². The molecule has 0 atom stereocenters. The maximum atomic E-state index is 12.2. The summed E-state index contributed by atoms with van der Waals surface area (Å²) < 4.78 is 11.0. The highest BCUT2D eigenvalue weighted by Gasteiger charge is 2.38. The third-order valence-corrected chi connectivity index (χ3v) is 4.57. The molecule has 1 amide bonds. The van der Waals surface area contributed by atoms with Crippen LogP contribution in [0.3, 0.4) is 0 Å². The Labute approximate surface area is 134 Å². The van der Waals surface area contributed by atoms with Crippen molar-refractivity contribution in [3.63, 3.8) is 0 Å². The number of amides is 1. The highest BCUT2D eigenvalue weighted by molar-refractivity contribution is 9.08. The second kappa shape index (κ2) is 7.27. The van der Waals surface area contributed by atoms with E-state index in [1.165, 1.54) is 0 Å². The Morgan fingerprint density at radius 3 is 2.71 bits per heavy atom. The number of ether oxygens (including phenoxy) is 2. The van der Waals surface area contributed by atoms with Crippen LogP contribution in [0.15, 0.2) is 18.2 Å². The van der Waals surface area contributed by atoms with E-state index in [1.807, 2.05) is 25.1 Å². The fourth-order valence-corrected chi connectivity index (χ4v) is 3.02. The van der Waals surface area contributed by atoms with Crippen molar-refractivity contribution in [3.8, 4) is 5.75 Å². The lowest BCUT2D eigenvalue weighted by Crippen LogP contribution is -2.42. The number of carbonyl (C=O) groups excluding carboxylic acids is 1. The Hall–Kier alpha value is -1.07. The lowest BCUT2D eigenvalue weighted by molar-refractivity contribution is -0.129. The van der Waals surface area contributed by atoms with Gasteiger partial charge in [-0.15, -0.1) is 0 Å². The maximum absolute atomic E-state index is 12.2. The van der Waals surface area contributed by atoms with E-state index in [2.05, 4.69) is 21.2 Å². The third kappa shape index (κ3) is 3.98. The number of hydrogen-bond acceptors (Lipinski definition) is 3. The molecule has 1 aliphatic rings. The molecule has 1 fully saturated rings. The summed E-state index contributed by atoms with van der Waals surface area (Å²) in [5.74, 6) is 0.848. The Bertz CT molecular complexity index is 495. The molecule has 1 aromatic rings. The van der Waals surface area contributed by atoms with Crippen LogP contribution >= 0.6 is 15.9 Å². The van der Waals surface area contributed by atoms with Gasteiger partial charge in [0.1, 0.15) is 5.75 Å². The van der Waals surface area contributed by atoms with Crippen LogP contribution in [0.1, 0.15) is 38.2 Å². The first-order chi connectivity index (χ1) is 10.1. The molecule has 116 valence electrons. The summed E-state index contributed by atoms with van der Waals surface area (Å²) in [7, 11) is 1.69. The van der Waals surface area contributed by atoms with Crippen molar-refractivity contribution in [1.82, 2.24) is 0 Å². The molecular weight excluding hydrogens is 334 g/mol. The van der Waals surface area contributed by atoms with Crippen molar-refractivity contribution in [3.05, 3.63) is 23.8 Å². The molecule has 1 saturated carbocycles. The van der Waals surface area contributed by atoms with E-state index in [-0.39, 0.29) is 11.5 Å². The number of anilines is 1. The minimum atomic E-state index is -0.242. The van der Waals surface area contributed by atoms with E-state index < -0.39 is 0 Å².